The monoisotopic (exact) mass is 821 g/mol. The Balaban J connectivity index is 0.942. The highest BCUT2D eigenvalue weighted by Gasteiger charge is 2.53. The smallest absolute Gasteiger partial charge is 0.131 e. The Morgan fingerprint density at radius 3 is 1.39 bits per heavy atom. The molecule has 0 bridgehead atoms. The van der Waals surface area contributed by atoms with Crippen LogP contribution in [-0.2, 0) is 10.8 Å². The third-order valence-electron chi connectivity index (χ3n) is 14.1. The van der Waals surface area contributed by atoms with E-state index in [1.165, 1.54) is 77.9 Å². The van der Waals surface area contributed by atoms with E-state index in [1.54, 1.807) is 0 Å². The number of nitrogens with zero attached hydrogens (tertiary/aromatic N) is 1. The predicted octanol–water partition coefficient (Wildman–Crippen LogP) is 14.0. The first kappa shape index (κ1) is 38.1. The predicted molar refractivity (Wildman–Crippen MR) is 263 cm³/mol. The molecule has 12 rings (SSSR count). The van der Waals surface area contributed by atoms with Crippen molar-refractivity contribution in [1.82, 2.24) is 10.6 Å². The van der Waals surface area contributed by atoms with Gasteiger partial charge in [-0.2, -0.15) is 0 Å². The quantitative estimate of drug-likeness (QED) is 0.175. The van der Waals surface area contributed by atoms with Gasteiger partial charge < -0.3 is 5.32 Å². The first-order chi connectivity index (χ1) is 31.5. The van der Waals surface area contributed by atoms with E-state index in [4.69, 9.17) is 4.99 Å². The number of amidine groups is 1. The van der Waals surface area contributed by atoms with E-state index < -0.39 is 5.41 Å². The van der Waals surface area contributed by atoms with Gasteiger partial charge in [-0.25, -0.2) is 4.99 Å². The summed E-state index contributed by atoms with van der Waals surface area (Å²) in [7, 11) is 0. The summed E-state index contributed by atoms with van der Waals surface area (Å²) in [5.74, 6) is 0.861. The standard InChI is InChI=1S/C61H47N3/c1-60(2)51-23-11-13-25-53(51)61(54-26-14-12-24-52(54)60)50-22-10-9-20-49(50)56-48(21-15-27-55(56)61)44-32-38-47(39-33-44)59-63-57(45-34-28-42(29-35-45)40-16-5-3-6-17-40)62-58(64-59)46-36-30-43(31-37-46)41-18-7-4-8-19-41/h3-39,57-58,62H,1-2H3,(H,63,64). The molecule has 0 saturated heterocycles. The molecule has 0 saturated carbocycles. The Kier molecular flexibility index (Phi) is 8.96. The molecule has 306 valence electrons. The van der Waals surface area contributed by atoms with Crippen LogP contribution in [0.15, 0.2) is 229 Å². The van der Waals surface area contributed by atoms with Crippen molar-refractivity contribution in [2.24, 2.45) is 4.99 Å². The average molecular weight is 822 g/mol. The molecule has 3 heteroatoms. The molecule has 1 heterocycles. The minimum Gasteiger partial charge on any atom is -0.350 e. The molecule has 1 aliphatic heterocycles. The van der Waals surface area contributed by atoms with Gasteiger partial charge in [-0.15, -0.1) is 0 Å². The number of nitrogens with one attached hydrogen (secondary N) is 2. The van der Waals surface area contributed by atoms with E-state index in [2.05, 4.69) is 249 Å². The topological polar surface area (TPSA) is 36.4 Å². The number of rotatable bonds is 6. The van der Waals surface area contributed by atoms with Gasteiger partial charge in [0.25, 0.3) is 0 Å². The van der Waals surface area contributed by atoms with Crippen LogP contribution in [0.4, 0.5) is 0 Å². The van der Waals surface area contributed by atoms with E-state index in [1.807, 2.05) is 0 Å². The first-order valence-corrected chi connectivity index (χ1v) is 22.4. The van der Waals surface area contributed by atoms with Gasteiger partial charge in [-0.05, 0) is 89.0 Å². The zero-order chi connectivity index (χ0) is 42.8. The molecule has 2 atom stereocenters. The van der Waals surface area contributed by atoms with Crippen LogP contribution in [0.5, 0.6) is 0 Å². The molecule has 0 aromatic heterocycles. The van der Waals surface area contributed by atoms with Crippen molar-refractivity contribution in [2.45, 2.75) is 37.0 Å². The number of fused-ring (bicyclic) bond motifs is 9. The highest BCUT2D eigenvalue weighted by Crippen LogP contribution is 2.63. The fourth-order valence-corrected chi connectivity index (χ4v) is 11.0. The van der Waals surface area contributed by atoms with Crippen molar-refractivity contribution in [3.8, 4) is 44.5 Å². The lowest BCUT2D eigenvalue weighted by atomic mass is 9.55. The van der Waals surface area contributed by atoms with Crippen molar-refractivity contribution in [3.05, 3.63) is 275 Å². The van der Waals surface area contributed by atoms with E-state index in [0.717, 1.165) is 22.5 Å². The number of benzene rings is 9. The summed E-state index contributed by atoms with van der Waals surface area (Å²) in [5.41, 5.74) is 20.8. The number of hydrogen-bond acceptors (Lipinski definition) is 3. The van der Waals surface area contributed by atoms with Crippen LogP contribution >= 0.6 is 0 Å². The zero-order valence-corrected chi connectivity index (χ0v) is 36.0. The molecule has 2 aliphatic carbocycles. The highest BCUT2D eigenvalue weighted by atomic mass is 15.3. The van der Waals surface area contributed by atoms with Crippen molar-refractivity contribution in [3.63, 3.8) is 0 Å². The van der Waals surface area contributed by atoms with Gasteiger partial charge in [0, 0.05) is 11.0 Å². The SMILES string of the molecule is CC1(C)c2ccccc2C2(c3ccccc3-c3c(-c4ccc(C5=NC(c6ccc(-c7ccccc7)cc6)NC(c6ccc(-c7ccccc7)cc6)N5)cc4)cccc32)c2ccccc21. The molecule has 9 aromatic carbocycles. The fourth-order valence-electron chi connectivity index (χ4n) is 11.0. The average Bonchev–Trinajstić information content (AvgIpc) is 3.67. The fraction of sp³-hybridized carbons (Fsp3) is 0.0984. The molecule has 64 heavy (non-hydrogen) atoms. The minimum atomic E-state index is -0.430. The van der Waals surface area contributed by atoms with Crippen LogP contribution in [0, 0.1) is 0 Å². The molecule has 0 fully saturated rings. The van der Waals surface area contributed by atoms with Crippen LogP contribution in [0.25, 0.3) is 44.5 Å². The summed E-state index contributed by atoms with van der Waals surface area (Å²) in [5, 5.41) is 7.63. The molecule has 3 nitrogen and oxygen atoms in total. The molecule has 9 aromatic rings. The lowest BCUT2D eigenvalue weighted by Crippen LogP contribution is -2.44. The second kappa shape index (κ2) is 15.0. The van der Waals surface area contributed by atoms with Gasteiger partial charge in [-0.1, -0.05) is 238 Å². The Labute approximate surface area is 375 Å². The molecule has 0 amide bonds. The van der Waals surface area contributed by atoms with Crippen molar-refractivity contribution < 1.29 is 0 Å². The highest BCUT2D eigenvalue weighted by molar-refractivity contribution is 6.01. The summed E-state index contributed by atoms with van der Waals surface area (Å²) in [4.78, 5) is 5.36. The molecule has 1 spiro atoms. The van der Waals surface area contributed by atoms with Crippen molar-refractivity contribution in [1.29, 1.82) is 0 Å². The van der Waals surface area contributed by atoms with E-state index in [0.29, 0.717) is 0 Å². The summed E-state index contributed by atoms with van der Waals surface area (Å²) < 4.78 is 0. The lowest BCUT2D eigenvalue weighted by molar-refractivity contribution is 0.409. The van der Waals surface area contributed by atoms with Crippen molar-refractivity contribution >= 4 is 5.84 Å². The summed E-state index contributed by atoms with van der Waals surface area (Å²) >= 11 is 0. The summed E-state index contributed by atoms with van der Waals surface area (Å²) in [6.07, 6.45) is -0.414. The van der Waals surface area contributed by atoms with Gasteiger partial charge in [-0.3, -0.25) is 5.32 Å². The first-order valence-electron chi connectivity index (χ1n) is 22.4. The Morgan fingerprint density at radius 1 is 0.359 bits per heavy atom. The van der Waals surface area contributed by atoms with Gasteiger partial charge in [0.2, 0.25) is 0 Å². The van der Waals surface area contributed by atoms with Gasteiger partial charge in [0.1, 0.15) is 18.2 Å². The normalized spacial score (nSPS) is 17.3. The maximum Gasteiger partial charge on any atom is 0.131 e. The molecular formula is C61H47N3. The molecule has 2 unspecified atom stereocenters. The molecular weight excluding hydrogens is 775 g/mol. The minimum absolute atomic E-state index is 0.135. The van der Waals surface area contributed by atoms with E-state index in [9.17, 15) is 0 Å². The van der Waals surface area contributed by atoms with E-state index >= 15 is 0 Å². The van der Waals surface area contributed by atoms with Gasteiger partial charge in [0.05, 0.1) is 5.41 Å². The molecule has 3 aliphatic rings. The number of hydrogen-bond donors (Lipinski definition) is 2. The second-order valence-corrected chi connectivity index (χ2v) is 17.9. The maximum absolute atomic E-state index is 5.36. The zero-order valence-electron chi connectivity index (χ0n) is 36.0. The Hall–Kier alpha value is -7.59. The van der Waals surface area contributed by atoms with Gasteiger partial charge >= 0.3 is 0 Å². The van der Waals surface area contributed by atoms with Gasteiger partial charge in [0.15, 0.2) is 0 Å². The van der Waals surface area contributed by atoms with Crippen LogP contribution in [-0.4, -0.2) is 5.84 Å². The summed E-state index contributed by atoms with van der Waals surface area (Å²) in [6, 6.07) is 82.2. The van der Waals surface area contributed by atoms with E-state index in [-0.39, 0.29) is 17.7 Å². The largest absolute Gasteiger partial charge is 0.350 e. The van der Waals surface area contributed by atoms with Crippen LogP contribution in [0.3, 0.4) is 0 Å². The Morgan fingerprint density at radius 2 is 0.797 bits per heavy atom. The Bertz CT molecular complexity index is 3170. The van der Waals surface area contributed by atoms with Crippen LogP contribution in [0.2, 0.25) is 0 Å². The van der Waals surface area contributed by atoms with Crippen molar-refractivity contribution in [2.75, 3.05) is 0 Å². The third kappa shape index (κ3) is 5.96. The summed E-state index contributed by atoms with van der Waals surface area (Å²) in [6.45, 7) is 4.76. The van der Waals surface area contributed by atoms with Crippen LogP contribution in [0.1, 0.15) is 76.3 Å². The number of aliphatic imine (C=N–C) groups is 1. The lowest BCUT2D eigenvalue weighted by Gasteiger charge is -2.46. The second-order valence-electron chi connectivity index (χ2n) is 17.9. The molecule has 2 N–H and O–H groups in total. The van der Waals surface area contributed by atoms with Crippen LogP contribution < -0.4 is 10.6 Å². The maximum atomic E-state index is 5.36. The molecule has 0 radical (unpaired) electrons. The third-order valence-corrected chi connectivity index (χ3v) is 14.1.